The van der Waals surface area contributed by atoms with Crippen LogP contribution in [0, 0.1) is 0 Å². The zero-order valence-electron chi connectivity index (χ0n) is 12.2. The largest absolute Gasteiger partial charge is 0.416 e. The van der Waals surface area contributed by atoms with Crippen LogP contribution >= 0.6 is 11.8 Å². The highest BCUT2D eigenvalue weighted by Gasteiger charge is 2.42. The van der Waals surface area contributed by atoms with Crippen LogP contribution < -0.4 is 4.72 Å². The molecule has 0 saturated carbocycles. The number of benzene rings is 1. The molecule has 0 aromatic heterocycles. The van der Waals surface area contributed by atoms with Gasteiger partial charge in [0.2, 0.25) is 11.0 Å². The molecule has 0 bridgehead atoms. The topological polar surface area (TPSA) is 29.1 Å². The van der Waals surface area contributed by atoms with Gasteiger partial charge >= 0.3 is 6.18 Å². The smallest absolute Gasteiger partial charge is 0.288 e. The summed E-state index contributed by atoms with van der Waals surface area (Å²) in [6.45, 7) is 3.86. The Morgan fingerprint density at radius 2 is 2.09 bits per heavy atom. The summed E-state index contributed by atoms with van der Waals surface area (Å²) in [6, 6.07) is 4.96. The van der Waals surface area contributed by atoms with Gasteiger partial charge in [0.15, 0.2) is 5.41 Å². The molecule has 2 rings (SSSR count). The maximum Gasteiger partial charge on any atom is 0.416 e. The molecule has 120 valence electrons. The Hall–Kier alpha value is -0.920. The fraction of sp³-hybridized carbons (Fsp3) is 0.400. The van der Waals surface area contributed by atoms with Gasteiger partial charge in [-0.15, -0.1) is 16.5 Å². The average Bonchev–Trinajstić information content (AvgIpc) is 2.75. The molecule has 0 saturated heterocycles. The Morgan fingerprint density at radius 3 is 2.73 bits per heavy atom. The van der Waals surface area contributed by atoms with Crippen LogP contribution in [-0.4, -0.2) is 22.7 Å². The van der Waals surface area contributed by atoms with Crippen molar-refractivity contribution in [3.8, 4) is 0 Å². The number of carbonyl (C=O) groups is 1. The van der Waals surface area contributed by atoms with Crippen molar-refractivity contribution >= 4 is 34.2 Å². The third-order valence-electron chi connectivity index (χ3n) is 3.29. The fourth-order valence-corrected chi connectivity index (χ4v) is 4.56. The van der Waals surface area contributed by atoms with Gasteiger partial charge in [0.25, 0.3) is 0 Å². The monoisotopic (exact) mass is 348 g/mol. The van der Waals surface area contributed by atoms with Gasteiger partial charge in [-0.2, -0.15) is 13.2 Å². The van der Waals surface area contributed by atoms with Gasteiger partial charge in [-0.3, -0.25) is 4.79 Å². The molecule has 0 spiro atoms. The summed E-state index contributed by atoms with van der Waals surface area (Å²) < 4.78 is 41.7. The van der Waals surface area contributed by atoms with E-state index in [0.29, 0.717) is 11.1 Å². The van der Waals surface area contributed by atoms with Crippen LogP contribution in [-0.2, 0) is 22.1 Å². The number of hydrogen-bond donors (Lipinski definition) is 1. The third kappa shape index (κ3) is 3.88. The van der Waals surface area contributed by atoms with E-state index in [0.717, 1.165) is 23.8 Å². The minimum atomic E-state index is -4.40. The van der Waals surface area contributed by atoms with Gasteiger partial charge in [0.1, 0.15) is 11.1 Å². The summed E-state index contributed by atoms with van der Waals surface area (Å²) in [5.41, 5.74) is -0.00446. The van der Waals surface area contributed by atoms with Crippen LogP contribution in [0.15, 0.2) is 29.7 Å². The lowest BCUT2D eigenvalue weighted by Crippen LogP contribution is -2.31. The number of ketones is 1. The summed E-state index contributed by atoms with van der Waals surface area (Å²) in [6.07, 6.45) is -4.40. The number of allylic oxidation sites excluding steroid dienone is 1. The molecular weight excluding hydrogens is 331 g/mol. The molecule has 1 N–H and O–H groups in total. The first-order valence-electron chi connectivity index (χ1n) is 6.81. The van der Waals surface area contributed by atoms with Gasteiger partial charge in [0.05, 0.1) is 17.0 Å². The van der Waals surface area contributed by atoms with E-state index in [4.69, 9.17) is 0 Å². The number of Topliss-reactive ketones (excluding diaryl/α,β-unsaturated/α-hetero) is 1. The van der Waals surface area contributed by atoms with Gasteiger partial charge < -0.3 is 0 Å². The second-order valence-corrected chi connectivity index (χ2v) is 8.02. The number of hydrogen-bond acceptors (Lipinski definition) is 3. The molecule has 2 unspecified atom stereocenters. The van der Waals surface area contributed by atoms with Crippen LogP contribution in [0.4, 0.5) is 13.2 Å². The Morgan fingerprint density at radius 1 is 1.36 bits per heavy atom. The van der Waals surface area contributed by atoms with Gasteiger partial charge in [-0.1, -0.05) is 19.1 Å². The van der Waals surface area contributed by atoms with Crippen molar-refractivity contribution < 1.29 is 18.0 Å². The summed E-state index contributed by atoms with van der Waals surface area (Å²) in [4.78, 5) is 12.3. The average molecular weight is 348 g/mol. The summed E-state index contributed by atoms with van der Waals surface area (Å²) in [5.74, 6) is 1.59. The van der Waals surface area contributed by atoms with Crippen molar-refractivity contribution in [3.05, 3.63) is 40.8 Å². The molecule has 1 aliphatic heterocycles. The molecule has 1 aromatic rings. The molecule has 2 atom stereocenters. The number of carbonyl (C=O) groups excluding carboxylic acids is 1. The van der Waals surface area contributed by atoms with E-state index in [1.54, 1.807) is 23.2 Å². The lowest BCUT2D eigenvalue weighted by atomic mass is 10.00. The zero-order chi connectivity index (χ0) is 16.3. The number of halogens is 3. The van der Waals surface area contributed by atoms with E-state index in [1.807, 2.05) is 13.8 Å². The second kappa shape index (κ2) is 7.10. The zero-order valence-corrected chi connectivity index (χ0v) is 13.9. The van der Waals surface area contributed by atoms with Crippen molar-refractivity contribution in [3.63, 3.8) is 0 Å². The predicted octanol–water partition coefficient (Wildman–Crippen LogP) is 3.85. The predicted molar refractivity (Wildman–Crippen MR) is 87.4 cm³/mol. The number of thioether (sulfide) groups is 1. The Kier molecular flexibility index (Phi) is 5.63. The van der Waals surface area contributed by atoms with Crippen LogP contribution in [0.2, 0.25) is 0 Å². The van der Waals surface area contributed by atoms with E-state index in [1.165, 1.54) is 6.07 Å². The summed E-state index contributed by atoms with van der Waals surface area (Å²) in [7, 11) is 0. The standard InChI is InChI=1S/C15H17F3NOS2/c1-3-21-9-19-22-8-13(14(20)10(22)2)11-5-4-6-12(7-11)15(16,17)18/h4-8,10,19H,3,9H2,1-2H3/q+1. The maximum absolute atomic E-state index is 12.8. The molecule has 1 aliphatic rings. The third-order valence-corrected chi connectivity index (χ3v) is 6.18. The van der Waals surface area contributed by atoms with Crippen LogP contribution in [0.5, 0.6) is 0 Å². The molecule has 22 heavy (non-hydrogen) atoms. The highest BCUT2D eigenvalue weighted by molar-refractivity contribution is 8.02. The van der Waals surface area contributed by atoms with Crippen molar-refractivity contribution in [1.82, 2.24) is 4.72 Å². The lowest BCUT2D eigenvalue weighted by Gasteiger charge is -2.08. The Balaban J connectivity index is 2.24. The minimum absolute atomic E-state index is 0.100. The van der Waals surface area contributed by atoms with Crippen LogP contribution in [0.25, 0.3) is 5.57 Å². The molecule has 1 aromatic carbocycles. The van der Waals surface area contributed by atoms with E-state index in [9.17, 15) is 18.0 Å². The van der Waals surface area contributed by atoms with E-state index in [2.05, 4.69) is 4.72 Å². The number of nitrogens with one attached hydrogen (secondary N) is 1. The molecular formula is C15H17F3NOS2+. The normalized spacial score (nSPS) is 22.0. The summed E-state index contributed by atoms with van der Waals surface area (Å²) in [5, 5.41) is 1.54. The van der Waals surface area contributed by atoms with E-state index >= 15 is 0 Å². The highest BCUT2D eigenvalue weighted by atomic mass is 32.2. The van der Waals surface area contributed by atoms with E-state index < -0.39 is 22.8 Å². The molecule has 0 fully saturated rings. The highest BCUT2D eigenvalue weighted by Crippen LogP contribution is 2.34. The van der Waals surface area contributed by atoms with Crippen molar-refractivity contribution in [2.24, 2.45) is 0 Å². The van der Waals surface area contributed by atoms with Gasteiger partial charge in [-0.25, -0.2) is 0 Å². The fourth-order valence-electron chi connectivity index (χ4n) is 2.07. The van der Waals surface area contributed by atoms with Gasteiger partial charge in [0, 0.05) is 0 Å². The molecule has 2 nitrogen and oxygen atoms in total. The summed E-state index contributed by atoms with van der Waals surface area (Å²) >= 11 is 1.28. The van der Waals surface area contributed by atoms with E-state index in [-0.39, 0.29) is 11.0 Å². The molecule has 7 heteroatoms. The first-order valence-corrected chi connectivity index (χ1v) is 9.32. The quantitative estimate of drug-likeness (QED) is 0.498. The van der Waals surface area contributed by atoms with Crippen molar-refractivity contribution in [1.29, 1.82) is 0 Å². The molecule has 0 radical (unpaired) electrons. The first kappa shape index (κ1) is 17.4. The number of alkyl halides is 3. The molecule has 0 amide bonds. The second-order valence-electron chi connectivity index (χ2n) is 4.77. The molecule has 1 heterocycles. The van der Waals surface area contributed by atoms with Crippen LogP contribution in [0.1, 0.15) is 25.0 Å². The lowest BCUT2D eigenvalue weighted by molar-refractivity contribution is -0.137. The molecule has 0 aliphatic carbocycles. The first-order chi connectivity index (χ1) is 10.3. The minimum Gasteiger partial charge on any atom is -0.288 e. The Labute approximate surface area is 135 Å². The van der Waals surface area contributed by atoms with Gasteiger partial charge in [-0.05, 0) is 30.4 Å². The van der Waals surface area contributed by atoms with Crippen molar-refractivity contribution in [2.45, 2.75) is 25.3 Å². The van der Waals surface area contributed by atoms with Crippen molar-refractivity contribution in [2.75, 3.05) is 11.6 Å². The maximum atomic E-state index is 12.8. The van der Waals surface area contributed by atoms with Crippen LogP contribution in [0.3, 0.4) is 0 Å². The Bertz CT molecular complexity index is 586. The number of rotatable bonds is 5. The SMILES string of the molecule is CCSCN[S+]1C=C(c2cccc(C(F)(F)F)c2)C(=O)C1C.